The van der Waals surface area contributed by atoms with Gasteiger partial charge in [-0.15, -0.1) is 0 Å². The maximum Gasteiger partial charge on any atom is 0.407 e. The average molecular weight is 419 g/mol. The molecule has 0 aromatic heterocycles. The lowest BCUT2D eigenvalue weighted by Crippen LogP contribution is -2.48. The first kappa shape index (κ1) is 24.2. The first-order chi connectivity index (χ1) is 14.0. The molecule has 1 aliphatic rings. The van der Waals surface area contributed by atoms with Gasteiger partial charge in [0.05, 0.1) is 18.6 Å². The Morgan fingerprint density at radius 3 is 2.30 bits per heavy atom. The molecule has 0 radical (unpaired) electrons. The topological polar surface area (TPSA) is 78.9 Å². The number of aliphatic hydroxyl groups is 1. The van der Waals surface area contributed by atoms with Crippen molar-refractivity contribution < 1.29 is 19.4 Å². The van der Waals surface area contributed by atoms with Crippen LogP contribution in [0.2, 0.25) is 0 Å². The van der Waals surface area contributed by atoms with E-state index < -0.39 is 23.8 Å². The number of likely N-dealkylation sites (tertiary alicyclic amines) is 1. The van der Waals surface area contributed by atoms with Crippen molar-refractivity contribution in [3.05, 3.63) is 35.9 Å². The first-order valence-electron chi connectivity index (χ1n) is 11.1. The second-order valence-corrected chi connectivity index (χ2v) is 9.72. The minimum Gasteiger partial charge on any atom is -0.444 e. The van der Waals surface area contributed by atoms with Crippen LogP contribution in [0, 0.1) is 5.92 Å². The Bertz CT molecular complexity index is 676. The minimum atomic E-state index is -0.945. The fraction of sp³-hybridized carbons (Fsp3) is 0.667. The van der Waals surface area contributed by atoms with Gasteiger partial charge in [-0.1, -0.05) is 44.2 Å². The molecule has 0 saturated carbocycles. The Balaban J connectivity index is 1.89. The number of piperidine rings is 1. The van der Waals surface area contributed by atoms with Crippen molar-refractivity contribution in [2.45, 2.75) is 84.0 Å². The number of carbonyl (C=O) groups is 2. The van der Waals surface area contributed by atoms with Crippen molar-refractivity contribution in [3.8, 4) is 0 Å². The van der Waals surface area contributed by atoms with E-state index in [0.717, 1.165) is 12.8 Å². The van der Waals surface area contributed by atoms with Gasteiger partial charge in [0.15, 0.2) is 0 Å². The van der Waals surface area contributed by atoms with Gasteiger partial charge in [-0.2, -0.15) is 0 Å². The van der Waals surface area contributed by atoms with E-state index in [1.165, 1.54) is 5.56 Å². The third kappa shape index (κ3) is 7.98. The van der Waals surface area contributed by atoms with Crippen LogP contribution in [-0.2, 0) is 9.53 Å². The summed E-state index contributed by atoms with van der Waals surface area (Å²) in [6.07, 6.45) is 0.921. The van der Waals surface area contributed by atoms with Crippen LogP contribution in [-0.4, -0.2) is 52.8 Å². The number of hydrogen-bond acceptors (Lipinski definition) is 4. The highest BCUT2D eigenvalue weighted by molar-refractivity contribution is 5.77. The van der Waals surface area contributed by atoms with E-state index in [4.69, 9.17) is 4.74 Å². The summed E-state index contributed by atoms with van der Waals surface area (Å²) >= 11 is 0. The Kier molecular flexibility index (Phi) is 8.71. The molecule has 0 unspecified atom stereocenters. The van der Waals surface area contributed by atoms with Gasteiger partial charge in [0.2, 0.25) is 5.91 Å². The predicted molar refractivity (Wildman–Crippen MR) is 118 cm³/mol. The Labute approximate surface area is 181 Å². The normalized spacial score (nSPS) is 17.5. The number of ether oxygens (including phenoxy) is 1. The van der Waals surface area contributed by atoms with E-state index in [9.17, 15) is 14.7 Å². The van der Waals surface area contributed by atoms with Crippen molar-refractivity contribution in [2.24, 2.45) is 5.92 Å². The van der Waals surface area contributed by atoms with Crippen LogP contribution in [0.4, 0.5) is 4.79 Å². The van der Waals surface area contributed by atoms with E-state index in [-0.39, 0.29) is 18.2 Å². The van der Waals surface area contributed by atoms with Crippen LogP contribution >= 0.6 is 0 Å². The molecular formula is C24H38N2O4. The van der Waals surface area contributed by atoms with Gasteiger partial charge in [0.25, 0.3) is 0 Å². The quantitative estimate of drug-likeness (QED) is 0.699. The second-order valence-electron chi connectivity index (χ2n) is 9.72. The summed E-state index contributed by atoms with van der Waals surface area (Å²) in [4.78, 5) is 26.8. The summed E-state index contributed by atoms with van der Waals surface area (Å²) in [5, 5.41) is 13.5. The van der Waals surface area contributed by atoms with E-state index in [1.807, 2.05) is 24.8 Å². The minimum absolute atomic E-state index is 0.00316. The SMILES string of the molecule is CC(C)C[C@H](NC(=O)OC(C)(C)C)[C@@H](O)CC(=O)N1CCC(c2ccccc2)CC1. The highest BCUT2D eigenvalue weighted by Gasteiger charge is 2.30. The lowest BCUT2D eigenvalue weighted by molar-refractivity contribution is -0.134. The summed E-state index contributed by atoms with van der Waals surface area (Å²) in [5.74, 6) is 0.674. The second kappa shape index (κ2) is 10.8. The van der Waals surface area contributed by atoms with Crippen LogP contribution in [0.5, 0.6) is 0 Å². The molecule has 0 aliphatic carbocycles. The third-order valence-corrected chi connectivity index (χ3v) is 5.39. The zero-order valence-corrected chi connectivity index (χ0v) is 19.1. The summed E-state index contributed by atoms with van der Waals surface area (Å²) in [7, 11) is 0. The van der Waals surface area contributed by atoms with E-state index in [2.05, 4.69) is 29.6 Å². The van der Waals surface area contributed by atoms with Crippen molar-refractivity contribution in [1.29, 1.82) is 0 Å². The molecule has 2 rings (SSSR count). The molecule has 0 spiro atoms. The van der Waals surface area contributed by atoms with Gasteiger partial charge in [-0.3, -0.25) is 4.79 Å². The number of nitrogens with one attached hydrogen (secondary N) is 1. The van der Waals surface area contributed by atoms with Crippen molar-refractivity contribution in [2.75, 3.05) is 13.1 Å². The molecule has 6 heteroatoms. The van der Waals surface area contributed by atoms with Gasteiger partial charge in [-0.05, 0) is 57.4 Å². The fourth-order valence-electron chi connectivity index (χ4n) is 3.92. The van der Waals surface area contributed by atoms with Gasteiger partial charge < -0.3 is 20.1 Å². The Hall–Kier alpha value is -2.08. The zero-order valence-electron chi connectivity index (χ0n) is 19.1. The molecule has 30 heavy (non-hydrogen) atoms. The molecule has 2 amide bonds. The van der Waals surface area contributed by atoms with E-state index >= 15 is 0 Å². The smallest absolute Gasteiger partial charge is 0.407 e. The number of benzene rings is 1. The van der Waals surface area contributed by atoms with Crippen molar-refractivity contribution >= 4 is 12.0 Å². The molecule has 168 valence electrons. The van der Waals surface area contributed by atoms with Crippen LogP contribution in [0.25, 0.3) is 0 Å². The molecule has 0 bridgehead atoms. The largest absolute Gasteiger partial charge is 0.444 e. The maximum atomic E-state index is 12.8. The van der Waals surface area contributed by atoms with Gasteiger partial charge in [-0.25, -0.2) is 4.79 Å². The molecule has 1 heterocycles. The van der Waals surface area contributed by atoms with Gasteiger partial charge in [0.1, 0.15) is 5.60 Å². The Morgan fingerprint density at radius 2 is 1.77 bits per heavy atom. The highest BCUT2D eigenvalue weighted by atomic mass is 16.6. The van der Waals surface area contributed by atoms with Gasteiger partial charge >= 0.3 is 6.09 Å². The summed E-state index contributed by atoms with van der Waals surface area (Å²) in [5.41, 5.74) is 0.708. The fourth-order valence-corrected chi connectivity index (χ4v) is 3.92. The number of rotatable bonds is 7. The standard InChI is InChI=1S/C24H38N2O4/c1-17(2)15-20(25-23(29)30-24(3,4)5)21(27)16-22(28)26-13-11-19(12-14-26)18-9-7-6-8-10-18/h6-10,17,19-21,27H,11-16H2,1-5H3,(H,25,29)/t20-,21-/m0/s1. The first-order valence-corrected chi connectivity index (χ1v) is 11.1. The average Bonchev–Trinajstić information content (AvgIpc) is 2.66. The lowest BCUT2D eigenvalue weighted by Gasteiger charge is -2.34. The molecule has 1 fully saturated rings. The zero-order chi connectivity index (χ0) is 22.3. The molecule has 1 saturated heterocycles. The van der Waals surface area contributed by atoms with Crippen LogP contribution in [0.1, 0.15) is 71.8 Å². The molecular weight excluding hydrogens is 380 g/mol. The molecule has 1 aromatic carbocycles. The van der Waals surface area contributed by atoms with Crippen LogP contribution in [0.3, 0.4) is 0 Å². The predicted octanol–water partition coefficient (Wildman–Crippen LogP) is 4.08. The van der Waals surface area contributed by atoms with Crippen molar-refractivity contribution in [1.82, 2.24) is 10.2 Å². The number of aliphatic hydroxyl groups excluding tert-OH is 1. The summed E-state index contributed by atoms with van der Waals surface area (Å²) in [6, 6.07) is 9.88. The number of nitrogens with zero attached hydrogens (tertiary/aromatic N) is 1. The number of carbonyl (C=O) groups excluding carboxylic acids is 2. The van der Waals surface area contributed by atoms with E-state index in [0.29, 0.717) is 25.4 Å². The number of amides is 2. The molecule has 2 atom stereocenters. The monoisotopic (exact) mass is 418 g/mol. The lowest BCUT2D eigenvalue weighted by atomic mass is 9.89. The molecule has 1 aromatic rings. The van der Waals surface area contributed by atoms with E-state index in [1.54, 1.807) is 20.8 Å². The summed E-state index contributed by atoms with van der Waals surface area (Å²) in [6.45, 7) is 10.8. The number of hydrogen-bond donors (Lipinski definition) is 2. The number of alkyl carbamates (subject to hydrolysis) is 1. The third-order valence-electron chi connectivity index (χ3n) is 5.39. The maximum absolute atomic E-state index is 12.8. The Morgan fingerprint density at radius 1 is 1.17 bits per heavy atom. The molecule has 2 N–H and O–H groups in total. The highest BCUT2D eigenvalue weighted by Crippen LogP contribution is 2.28. The molecule has 6 nitrogen and oxygen atoms in total. The van der Waals surface area contributed by atoms with Crippen LogP contribution < -0.4 is 5.32 Å². The van der Waals surface area contributed by atoms with Crippen molar-refractivity contribution in [3.63, 3.8) is 0 Å². The van der Waals surface area contributed by atoms with Gasteiger partial charge in [0, 0.05) is 13.1 Å². The van der Waals surface area contributed by atoms with Crippen LogP contribution in [0.15, 0.2) is 30.3 Å². The summed E-state index contributed by atoms with van der Waals surface area (Å²) < 4.78 is 5.32. The molecule has 1 aliphatic heterocycles.